The third kappa shape index (κ3) is 9.31. The molecule has 1 aliphatic heterocycles. The molecule has 6 atom stereocenters. The highest BCUT2D eigenvalue weighted by atomic mass is 32.1. The van der Waals surface area contributed by atoms with Gasteiger partial charge in [0.1, 0.15) is 35.9 Å². The first-order chi connectivity index (χ1) is 19.7. The highest BCUT2D eigenvalue weighted by molar-refractivity contribution is 7.13. The van der Waals surface area contributed by atoms with Crippen LogP contribution in [0.25, 0.3) is 0 Å². The molecule has 0 radical (unpaired) electrons. The molecular weight excluding hydrogens is 550 g/mol. The minimum atomic E-state index is -1.80. The SMILES string of the molecule is CCCCC[C@H](O)c1ccc(N2C(=O)CC[C@@H]2CCCc2ccc(C(=O)OC[C@H](O)[C@@H](O)[C@H](O)[C@@H](O)CO)s2)cc1. The van der Waals surface area contributed by atoms with Gasteiger partial charge in [-0.2, -0.15) is 0 Å². The molecular formula is C30H43NO9S. The summed E-state index contributed by atoms with van der Waals surface area (Å²) < 4.78 is 5.04. The number of unbranched alkanes of at least 4 members (excludes halogenated alkanes) is 2. The molecule has 1 fully saturated rings. The van der Waals surface area contributed by atoms with Gasteiger partial charge in [0, 0.05) is 23.0 Å². The number of nitrogens with zero attached hydrogens (tertiary/aromatic N) is 1. The van der Waals surface area contributed by atoms with E-state index in [1.54, 1.807) is 6.07 Å². The fourth-order valence-electron chi connectivity index (χ4n) is 5.01. The molecule has 0 spiro atoms. The number of esters is 1. The third-order valence-corrected chi connectivity index (χ3v) is 8.62. The zero-order chi connectivity index (χ0) is 29.9. The van der Waals surface area contributed by atoms with Crippen molar-refractivity contribution >= 4 is 28.9 Å². The Bertz CT molecular complexity index is 1090. The Balaban J connectivity index is 1.47. The number of hydrogen-bond donors (Lipinski definition) is 6. The molecule has 6 N–H and O–H groups in total. The van der Waals surface area contributed by atoms with Crippen molar-refractivity contribution < 1.29 is 45.0 Å². The predicted octanol–water partition coefficient (Wildman–Crippen LogP) is 2.47. The Morgan fingerprint density at radius 3 is 2.39 bits per heavy atom. The van der Waals surface area contributed by atoms with Crippen LogP contribution in [-0.2, 0) is 16.0 Å². The van der Waals surface area contributed by atoms with Gasteiger partial charge in [0.15, 0.2) is 0 Å². The summed E-state index contributed by atoms with van der Waals surface area (Å²) in [6, 6.07) is 11.2. The monoisotopic (exact) mass is 593 g/mol. The number of thiophene rings is 1. The normalized spacial score (nSPS) is 19.1. The number of benzene rings is 1. The van der Waals surface area contributed by atoms with E-state index in [0.717, 1.165) is 61.1 Å². The standard InChI is InChI=1S/C30H43NO9S/c1-2-3-4-8-23(33)19-9-11-21(12-10-19)31-20(13-16-27(31)36)6-5-7-22-14-15-26(41-22)30(39)40-18-25(35)29(38)28(37)24(34)17-32/h9-12,14-15,20,23-25,28-29,32-35,37-38H,2-8,13,16-18H2,1H3/t20-,23-,24-,25-,28+,29+/m0/s1. The summed E-state index contributed by atoms with van der Waals surface area (Å²) in [4.78, 5) is 28.2. The van der Waals surface area contributed by atoms with Gasteiger partial charge in [-0.3, -0.25) is 4.79 Å². The highest BCUT2D eigenvalue weighted by Gasteiger charge is 2.32. The average molecular weight is 594 g/mol. The summed E-state index contributed by atoms with van der Waals surface area (Å²) in [5.74, 6) is -0.589. The summed E-state index contributed by atoms with van der Waals surface area (Å²) in [5.41, 5.74) is 1.71. The van der Waals surface area contributed by atoms with Crippen molar-refractivity contribution in [2.24, 2.45) is 0 Å². The molecule has 1 saturated heterocycles. The van der Waals surface area contributed by atoms with E-state index in [1.807, 2.05) is 35.2 Å². The highest BCUT2D eigenvalue weighted by Crippen LogP contribution is 2.31. The second-order valence-corrected chi connectivity index (χ2v) is 11.8. The van der Waals surface area contributed by atoms with Crippen molar-refractivity contribution in [3.8, 4) is 0 Å². The van der Waals surface area contributed by atoms with Gasteiger partial charge in [-0.25, -0.2) is 4.79 Å². The van der Waals surface area contributed by atoms with E-state index in [-0.39, 0.29) is 11.9 Å². The summed E-state index contributed by atoms with van der Waals surface area (Å²) in [6.45, 7) is 0.745. The number of carbonyl (C=O) groups excluding carboxylic acids is 2. The lowest BCUT2D eigenvalue weighted by atomic mass is 10.0. The number of aliphatic hydroxyl groups excluding tert-OH is 6. The van der Waals surface area contributed by atoms with Crippen LogP contribution in [0.3, 0.4) is 0 Å². The Morgan fingerprint density at radius 1 is 1.00 bits per heavy atom. The van der Waals surface area contributed by atoms with Crippen LogP contribution in [-0.4, -0.2) is 86.2 Å². The van der Waals surface area contributed by atoms with E-state index >= 15 is 0 Å². The van der Waals surface area contributed by atoms with Crippen molar-refractivity contribution in [1.29, 1.82) is 0 Å². The van der Waals surface area contributed by atoms with Crippen LogP contribution in [0, 0.1) is 0 Å². The Morgan fingerprint density at radius 2 is 1.71 bits per heavy atom. The number of amides is 1. The Hall–Kier alpha value is -2.38. The molecule has 10 nitrogen and oxygen atoms in total. The largest absolute Gasteiger partial charge is 0.459 e. The minimum Gasteiger partial charge on any atom is -0.459 e. The number of aliphatic hydroxyl groups is 6. The molecule has 2 aromatic rings. The second kappa shape index (κ2) is 16.3. The number of ether oxygens (including phenoxy) is 1. The van der Waals surface area contributed by atoms with Crippen molar-refractivity contribution in [2.75, 3.05) is 18.1 Å². The van der Waals surface area contributed by atoms with Gasteiger partial charge in [-0.05, 0) is 61.9 Å². The molecule has 41 heavy (non-hydrogen) atoms. The number of hydrogen-bond acceptors (Lipinski definition) is 10. The number of aryl methyl sites for hydroxylation is 1. The zero-order valence-corrected chi connectivity index (χ0v) is 24.3. The number of rotatable bonds is 17. The Kier molecular flexibility index (Phi) is 13.2. The maximum absolute atomic E-state index is 12.7. The predicted molar refractivity (Wildman–Crippen MR) is 155 cm³/mol. The van der Waals surface area contributed by atoms with Crippen LogP contribution in [0.4, 0.5) is 5.69 Å². The van der Waals surface area contributed by atoms with Gasteiger partial charge >= 0.3 is 5.97 Å². The summed E-state index contributed by atoms with van der Waals surface area (Å²) >= 11 is 1.26. The fourth-order valence-corrected chi connectivity index (χ4v) is 5.95. The first kappa shape index (κ1) is 33.1. The number of anilines is 1. The lowest BCUT2D eigenvalue weighted by Gasteiger charge is -2.25. The number of carbonyl (C=O) groups is 2. The molecule has 1 aliphatic rings. The molecule has 2 heterocycles. The first-order valence-electron chi connectivity index (χ1n) is 14.3. The molecule has 0 aliphatic carbocycles. The van der Waals surface area contributed by atoms with E-state index in [0.29, 0.717) is 17.7 Å². The first-order valence-corrected chi connectivity index (χ1v) is 15.2. The van der Waals surface area contributed by atoms with Crippen LogP contribution in [0.5, 0.6) is 0 Å². The van der Waals surface area contributed by atoms with Gasteiger partial charge in [0.05, 0.1) is 12.7 Å². The molecule has 1 aromatic heterocycles. The van der Waals surface area contributed by atoms with Gasteiger partial charge in [0.25, 0.3) is 0 Å². The molecule has 11 heteroatoms. The lowest BCUT2D eigenvalue weighted by molar-refractivity contribution is -0.124. The quantitative estimate of drug-likeness (QED) is 0.119. The van der Waals surface area contributed by atoms with E-state index in [2.05, 4.69) is 6.92 Å². The fraction of sp³-hybridized carbons (Fsp3) is 0.600. The van der Waals surface area contributed by atoms with E-state index < -0.39 is 49.7 Å². The third-order valence-electron chi connectivity index (χ3n) is 7.50. The summed E-state index contributed by atoms with van der Waals surface area (Å²) in [5, 5.41) is 58.1. The van der Waals surface area contributed by atoms with Crippen molar-refractivity contribution in [3.05, 3.63) is 51.7 Å². The smallest absolute Gasteiger partial charge is 0.348 e. The van der Waals surface area contributed by atoms with E-state index in [1.165, 1.54) is 11.3 Å². The molecule has 0 saturated carbocycles. The molecule has 1 amide bonds. The summed E-state index contributed by atoms with van der Waals surface area (Å²) in [6.07, 6.45) is 0.152. The van der Waals surface area contributed by atoms with Crippen LogP contribution in [0.2, 0.25) is 0 Å². The van der Waals surface area contributed by atoms with Crippen LogP contribution >= 0.6 is 11.3 Å². The van der Waals surface area contributed by atoms with Crippen LogP contribution < -0.4 is 4.90 Å². The van der Waals surface area contributed by atoms with Crippen molar-refractivity contribution in [2.45, 2.75) is 101 Å². The molecule has 0 bridgehead atoms. The second-order valence-electron chi connectivity index (χ2n) is 10.6. The van der Waals surface area contributed by atoms with Gasteiger partial charge in [-0.1, -0.05) is 38.3 Å². The maximum Gasteiger partial charge on any atom is 0.348 e. The van der Waals surface area contributed by atoms with Gasteiger partial charge in [-0.15, -0.1) is 11.3 Å². The Labute approximate surface area is 244 Å². The molecule has 3 rings (SSSR count). The molecule has 0 unspecified atom stereocenters. The molecule has 228 valence electrons. The van der Waals surface area contributed by atoms with E-state index in [4.69, 9.17) is 9.84 Å². The van der Waals surface area contributed by atoms with E-state index in [9.17, 15) is 35.1 Å². The summed E-state index contributed by atoms with van der Waals surface area (Å²) in [7, 11) is 0. The minimum absolute atomic E-state index is 0.0832. The topological polar surface area (TPSA) is 168 Å². The van der Waals surface area contributed by atoms with Crippen LogP contribution in [0.15, 0.2) is 36.4 Å². The molecule has 1 aromatic carbocycles. The lowest BCUT2D eigenvalue weighted by Crippen LogP contribution is -2.47. The maximum atomic E-state index is 12.7. The zero-order valence-electron chi connectivity index (χ0n) is 23.5. The van der Waals surface area contributed by atoms with Crippen LogP contribution in [0.1, 0.15) is 84.5 Å². The van der Waals surface area contributed by atoms with Gasteiger partial charge in [0.2, 0.25) is 5.91 Å². The van der Waals surface area contributed by atoms with Crippen molar-refractivity contribution in [3.63, 3.8) is 0 Å². The van der Waals surface area contributed by atoms with Crippen molar-refractivity contribution in [1.82, 2.24) is 0 Å². The van der Waals surface area contributed by atoms with Gasteiger partial charge < -0.3 is 40.3 Å². The average Bonchev–Trinajstić information content (AvgIpc) is 3.61.